The van der Waals surface area contributed by atoms with Crippen LogP contribution in [0.4, 0.5) is 0 Å². The number of rotatable bonds is 42. The molecular weight excluding hydrogens is 1080 g/mol. The maximum atomic E-state index is 11.9. The zero-order valence-corrected chi connectivity index (χ0v) is 51.6. The van der Waals surface area contributed by atoms with Gasteiger partial charge in [-0.15, -0.1) is 0 Å². The fourth-order valence-electron chi connectivity index (χ4n) is 8.39. The first-order valence-electron chi connectivity index (χ1n) is 30.6. The van der Waals surface area contributed by atoms with Crippen LogP contribution in [-0.4, -0.2) is 126 Å². The molecule has 0 aromatic carbocycles. The van der Waals surface area contributed by atoms with E-state index >= 15 is 0 Å². The Balaban J connectivity index is 0.000000568. The van der Waals surface area contributed by atoms with Gasteiger partial charge < -0.3 is 36.1 Å². The standard InChI is InChI=1S/C19H28N2O2.C17H24N2O4.C16H22N2O2.C15H26N2O2/c1-3-17-12-11-16(15-21-17)14-18(22)10-8-6-5-7-9-13-20-19(23)4-2;1-3-15-6-5-14(12-19-15)11-16(20)13-23-10-9-22-8-7-18-17(21)4-2;1-3-14-10-9-13(12-18-14)15(19)8-6-5-7-11-17-16(20)4-2;1-3-12-9-10-13(17-12)14(18)8-6-5-7-11-16-15(19)4-2/h4,11-12,15H,2-3,5-10,13-14H2,1H3,(H,20,23);4-6,12H,2-3,7-11,13H2,1H3,(H,18,21);4,9-10,12H,2-3,5-8,11H2,1H3,(H,17,20);4,12-13,17H,2-3,5-11H2,1H3,(H,16,19). The fourth-order valence-corrected chi connectivity index (χ4v) is 8.39. The summed E-state index contributed by atoms with van der Waals surface area (Å²) in [6.07, 6.45) is 29.4. The summed E-state index contributed by atoms with van der Waals surface area (Å²) < 4.78 is 10.5. The molecule has 0 aliphatic carbocycles. The Morgan fingerprint density at radius 3 is 1.39 bits per heavy atom. The largest absolute Gasteiger partial charge is 0.377 e. The average Bonchev–Trinajstić information content (AvgIpc) is 4.13. The SMILES string of the molecule is C=CC(=O)NCCCCCC(=O)C1CCC(CC)N1.C=CC(=O)NCCCCCC(=O)c1ccc(CC)nc1.C=CC(=O)NCCCCCCCC(=O)Cc1ccc(CC)nc1.C=CC(=O)NCCOCCOCC(=O)Cc1ccc(CC)nc1. The van der Waals surface area contributed by atoms with Crippen molar-refractivity contribution in [1.29, 1.82) is 0 Å². The molecule has 0 saturated carbocycles. The first-order chi connectivity index (χ1) is 41.1. The molecule has 18 nitrogen and oxygen atoms in total. The number of aromatic nitrogens is 3. The molecule has 2 unspecified atom stereocenters. The van der Waals surface area contributed by atoms with Gasteiger partial charge in [-0.25, -0.2) is 0 Å². The summed E-state index contributed by atoms with van der Waals surface area (Å²) in [6.45, 7) is 25.4. The van der Waals surface area contributed by atoms with E-state index in [1.54, 1.807) is 12.4 Å². The number of Topliss-reactive ketones (excluding diaryl/α,β-unsaturated/α-hetero) is 4. The van der Waals surface area contributed by atoms with Crippen LogP contribution >= 0.6 is 0 Å². The van der Waals surface area contributed by atoms with Crippen molar-refractivity contribution < 1.29 is 47.8 Å². The Labute approximate surface area is 507 Å². The molecule has 4 heterocycles. The van der Waals surface area contributed by atoms with E-state index < -0.39 is 0 Å². The van der Waals surface area contributed by atoms with Gasteiger partial charge in [-0.05, 0) is 137 Å². The molecule has 468 valence electrons. The summed E-state index contributed by atoms with van der Waals surface area (Å²) in [5.41, 5.74) is 5.65. The lowest BCUT2D eigenvalue weighted by molar-refractivity contribution is -0.123. The van der Waals surface area contributed by atoms with Gasteiger partial charge >= 0.3 is 0 Å². The number of carbonyl (C=O) groups is 8. The van der Waals surface area contributed by atoms with Crippen molar-refractivity contribution in [3.63, 3.8) is 0 Å². The van der Waals surface area contributed by atoms with Crippen molar-refractivity contribution in [1.82, 2.24) is 41.5 Å². The second-order valence-electron chi connectivity index (χ2n) is 20.4. The Morgan fingerprint density at radius 2 is 0.929 bits per heavy atom. The molecule has 1 aliphatic heterocycles. The lowest BCUT2D eigenvalue weighted by atomic mass is 10.0. The van der Waals surface area contributed by atoms with Gasteiger partial charge in [-0.1, -0.05) is 98.2 Å². The molecule has 3 aromatic rings. The Hall–Kier alpha value is -7.15. The summed E-state index contributed by atoms with van der Waals surface area (Å²) in [5.74, 6) is 0.166. The third-order valence-corrected chi connectivity index (χ3v) is 13.6. The third kappa shape index (κ3) is 39.9. The highest BCUT2D eigenvalue weighted by Gasteiger charge is 2.27. The first kappa shape index (κ1) is 75.9. The molecule has 1 aliphatic rings. The molecule has 1 fully saturated rings. The smallest absolute Gasteiger partial charge is 0.243 e. The molecule has 2 atom stereocenters. The van der Waals surface area contributed by atoms with Gasteiger partial charge in [-0.3, -0.25) is 53.3 Å². The number of ketones is 4. The highest BCUT2D eigenvalue weighted by Crippen LogP contribution is 2.18. The van der Waals surface area contributed by atoms with Crippen LogP contribution in [0.3, 0.4) is 0 Å². The van der Waals surface area contributed by atoms with Gasteiger partial charge in [0.2, 0.25) is 23.6 Å². The van der Waals surface area contributed by atoms with Gasteiger partial charge in [0.25, 0.3) is 0 Å². The average molecular weight is 1180 g/mol. The number of hydrogen-bond donors (Lipinski definition) is 5. The van der Waals surface area contributed by atoms with Crippen LogP contribution in [0, 0.1) is 0 Å². The van der Waals surface area contributed by atoms with Gasteiger partial charge in [0.15, 0.2) is 11.6 Å². The minimum atomic E-state index is -0.225. The zero-order chi connectivity index (χ0) is 62.7. The predicted octanol–water partition coefficient (Wildman–Crippen LogP) is 9.13. The highest BCUT2D eigenvalue weighted by molar-refractivity contribution is 5.95. The van der Waals surface area contributed by atoms with Crippen molar-refractivity contribution in [2.75, 3.05) is 52.6 Å². The number of nitrogens with zero attached hydrogens (tertiary/aromatic N) is 3. The van der Waals surface area contributed by atoms with Crippen molar-refractivity contribution >= 4 is 46.8 Å². The second-order valence-corrected chi connectivity index (χ2v) is 20.4. The molecule has 0 bridgehead atoms. The Kier molecular flexibility index (Phi) is 44.8. The lowest BCUT2D eigenvalue weighted by Gasteiger charge is -2.11. The molecule has 1 saturated heterocycles. The van der Waals surface area contributed by atoms with Gasteiger partial charge in [0.05, 0.1) is 25.9 Å². The maximum Gasteiger partial charge on any atom is 0.243 e. The molecule has 5 N–H and O–H groups in total. The van der Waals surface area contributed by atoms with Gasteiger partial charge in [-0.2, -0.15) is 0 Å². The number of ether oxygens (including phenoxy) is 2. The predicted molar refractivity (Wildman–Crippen MR) is 337 cm³/mol. The molecule has 85 heavy (non-hydrogen) atoms. The summed E-state index contributed by atoms with van der Waals surface area (Å²) >= 11 is 0. The number of amides is 4. The van der Waals surface area contributed by atoms with Crippen LogP contribution in [0.5, 0.6) is 0 Å². The lowest BCUT2D eigenvalue weighted by Crippen LogP contribution is -2.35. The third-order valence-electron chi connectivity index (χ3n) is 13.6. The molecule has 18 heteroatoms. The topological polar surface area (TPSA) is 254 Å². The molecule has 0 radical (unpaired) electrons. The number of nitrogens with one attached hydrogen (secondary N) is 5. The van der Waals surface area contributed by atoms with E-state index in [0.717, 1.165) is 137 Å². The van der Waals surface area contributed by atoms with Crippen molar-refractivity contribution in [3.8, 4) is 0 Å². The van der Waals surface area contributed by atoms with Crippen LogP contribution < -0.4 is 26.6 Å². The minimum Gasteiger partial charge on any atom is -0.377 e. The van der Waals surface area contributed by atoms with E-state index in [1.165, 1.54) is 24.3 Å². The van der Waals surface area contributed by atoms with Crippen LogP contribution in [0.1, 0.15) is 175 Å². The summed E-state index contributed by atoms with van der Waals surface area (Å²) in [4.78, 5) is 104. The summed E-state index contributed by atoms with van der Waals surface area (Å²) in [6, 6.07) is 12.2. The molecule has 3 aromatic heterocycles. The van der Waals surface area contributed by atoms with Gasteiger partial charge in [0, 0.05) is 106 Å². The molecule has 0 spiro atoms. The molecule has 4 amide bonds. The fraction of sp³-hybridized carbons (Fsp3) is 0.537. The van der Waals surface area contributed by atoms with Crippen LogP contribution in [0.25, 0.3) is 0 Å². The first-order valence-corrected chi connectivity index (χ1v) is 30.6. The summed E-state index contributed by atoms with van der Waals surface area (Å²) in [5, 5.41) is 14.2. The van der Waals surface area contributed by atoms with E-state index in [2.05, 4.69) is 81.7 Å². The number of pyridine rings is 3. The minimum absolute atomic E-state index is 0.00861. The second kappa shape index (κ2) is 50.2. The molecule has 4 rings (SSSR count). The number of carbonyl (C=O) groups excluding carboxylic acids is 8. The zero-order valence-electron chi connectivity index (χ0n) is 51.6. The van der Waals surface area contributed by atoms with E-state index in [9.17, 15) is 38.4 Å². The van der Waals surface area contributed by atoms with Crippen molar-refractivity contribution in [3.05, 3.63) is 139 Å². The maximum absolute atomic E-state index is 11.9. The van der Waals surface area contributed by atoms with Crippen LogP contribution in [-0.2, 0) is 75.1 Å². The van der Waals surface area contributed by atoms with Gasteiger partial charge in [0.1, 0.15) is 18.2 Å². The van der Waals surface area contributed by atoms with Crippen LogP contribution in [0.2, 0.25) is 0 Å². The quantitative estimate of drug-likeness (QED) is 0.0202. The molecular formula is C67H100N8O10. The number of aryl methyl sites for hydroxylation is 3. The number of hydrogen-bond acceptors (Lipinski definition) is 14. The van der Waals surface area contributed by atoms with Crippen molar-refractivity contribution in [2.24, 2.45) is 0 Å². The van der Waals surface area contributed by atoms with E-state index in [4.69, 9.17) is 9.47 Å². The number of unbranched alkanes of at least 4 members (excludes halogenated alkanes) is 8. The summed E-state index contributed by atoms with van der Waals surface area (Å²) in [7, 11) is 0. The normalized spacial score (nSPS) is 12.9. The van der Waals surface area contributed by atoms with Crippen LogP contribution in [0.15, 0.2) is 106 Å². The van der Waals surface area contributed by atoms with E-state index in [1.807, 2.05) is 56.4 Å². The highest BCUT2D eigenvalue weighted by atomic mass is 16.5. The Morgan fingerprint density at radius 1 is 0.494 bits per heavy atom. The van der Waals surface area contributed by atoms with Crippen molar-refractivity contribution in [2.45, 2.75) is 181 Å². The Bertz CT molecular complexity index is 2340. The van der Waals surface area contributed by atoms with E-state index in [-0.39, 0.29) is 53.6 Å². The monoisotopic (exact) mass is 1180 g/mol. The van der Waals surface area contributed by atoms with E-state index in [0.29, 0.717) is 95.5 Å².